The maximum atomic E-state index is 5.89. The number of nitrogens with one attached hydrogen (secondary N) is 1. The summed E-state index contributed by atoms with van der Waals surface area (Å²) in [5.74, 6) is 0. The Labute approximate surface area is 102 Å². The zero-order valence-corrected chi connectivity index (χ0v) is 11.8. The van der Waals surface area contributed by atoms with Crippen LogP contribution in [0, 0.1) is 0 Å². The van der Waals surface area contributed by atoms with Gasteiger partial charge in [0.15, 0.2) is 0 Å². The molecule has 0 aliphatic carbocycles. The Morgan fingerprint density at radius 3 is 2.44 bits per heavy atom. The van der Waals surface area contributed by atoms with Crippen molar-refractivity contribution in [2.45, 2.75) is 52.2 Å². The van der Waals surface area contributed by atoms with Crippen LogP contribution in [0.4, 0.5) is 0 Å². The lowest BCUT2D eigenvalue weighted by Gasteiger charge is -2.20. The molecular weight excluding hydrogens is 200 g/mol. The predicted octanol–water partition coefficient (Wildman–Crippen LogP) is 2.12. The van der Waals surface area contributed by atoms with Gasteiger partial charge >= 0.3 is 0 Å². The second-order valence-corrected chi connectivity index (χ2v) is 5.00. The summed E-state index contributed by atoms with van der Waals surface area (Å²) < 4.78 is 5.89. The van der Waals surface area contributed by atoms with E-state index in [1.54, 1.807) is 0 Å². The SMILES string of the molecule is CCCC(CNC(C)C)OCCCN(C)C. The van der Waals surface area contributed by atoms with Crippen LogP contribution in [-0.2, 0) is 4.74 Å². The van der Waals surface area contributed by atoms with Crippen molar-refractivity contribution in [1.29, 1.82) is 0 Å². The molecule has 0 aliphatic rings. The number of hydrogen-bond acceptors (Lipinski definition) is 3. The molecule has 0 heterocycles. The third kappa shape index (κ3) is 10.4. The summed E-state index contributed by atoms with van der Waals surface area (Å²) in [6, 6.07) is 0.546. The summed E-state index contributed by atoms with van der Waals surface area (Å²) in [4.78, 5) is 2.20. The zero-order valence-electron chi connectivity index (χ0n) is 11.8. The van der Waals surface area contributed by atoms with Crippen LogP contribution in [0.2, 0.25) is 0 Å². The Morgan fingerprint density at radius 1 is 1.25 bits per heavy atom. The molecule has 0 saturated heterocycles. The van der Waals surface area contributed by atoms with Crippen molar-refractivity contribution < 1.29 is 4.74 Å². The van der Waals surface area contributed by atoms with Gasteiger partial charge < -0.3 is 15.0 Å². The highest BCUT2D eigenvalue weighted by Crippen LogP contribution is 2.02. The van der Waals surface area contributed by atoms with Crippen molar-refractivity contribution in [2.75, 3.05) is 33.8 Å². The average molecular weight is 230 g/mol. The van der Waals surface area contributed by atoms with Crippen molar-refractivity contribution in [2.24, 2.45) is 0 Å². The summed E-state index contributed by atoms with van der Waals surface area (Å²) in [6.45, 7) is 9.53. The lowest BCUT2D eigenvalue weighted by Crippen LogP contribution is -2.34. The molecule has 0 aromatic carbocycles. The molecule has 98 valence electrons. The highest BCUT2D eigenvalue weighted by molar-refractivity contribution is 4.63. The molecule has 1 unspecified atom stereocenters. The Bertz CT molecular complexity index is 149. The van der Waals surface area contributed by atoms with Crippen LogP contribution >= 0.6 is 0 Å². The Kier molecular flexibility index (Phi) is 9.99. The van der Waals surface area contributed by atoms with Crippen LogP contribution in [0.15, 0.2) is 0 Å². The normalized spacial score (nSPS) is 13.7. The highest BCUT2D eigenvalue weighted by atomic mass is 16.5. The first-order valence-electron chi connectivity index (χ1n) is 6.56. The van der Waals surface area contributed by atoms with Crippen molar-refractivity contribution in [3.8, 4) is 0 Å². The van der Waals surface area contributed by atoms with Gasteiger partial charge in [0.1, 0.15) is 0 Å². The van der Waals surface area contributed by atoms with Gasteiger partial charge in [-0.1, -0.05) is 27.2 Å². The summed E-state index contributed by atoms with van der Waals surface area (Å²) >= 11 is 0. The fourth-order valence-electron chi connectivity index (χ4n) is 1.56. The third-order valence-corrected chi connectivity index (χ3v) is 2.47. The van der Waals surface area contributed by atoms with Gasteiger partial charge in [0.05, 0.1) is 6.10 Å². The second-order valence-electron chi connectivity index (χ2n) is 5.00. The maximum absolute atomic E-state index is 5.89. The van der Waals surface area contributed by atoms with Crippen molar-refractivity contribution >= 4 is 0 Å². The number of ether oxygens (including phenoxy) is 1. The Morgan fingerprint density at radius 2 is 1.94 bits per heavy atom. The third-order valence-electron chi connectivity index (χ3n) is 2.47. The van der Waals surface area contributed by atoms with E-state index >= 15 is 0 Å². The van der Waals surface area contributed by atoms with Crippen LogP contribution in [0.3, 0.4) is 0 Å². The maximum Gasteiger partial charge on any atom is 0.0699 e. The molecule has 3 heteroatoms. The number of rotatable bonds is 10. The number of hydrogen-bond donors (Lipinski definition) is 1. The largest absolute Gasteiger partial charge is 0.377 e. The van der Waals surface area contributed by atoms with Gasteiger partial charge in [0, 0.05) is 19.2 Å². The molecule has 0 radical (unpaired) electrons. The smallest absolute Gasteiger partial charge is 0.0699 e. The highest BCUT2D eigenvalue weighted by Gasteiger charge is 2.08. The van der Waals surface area contributed by atoms with Gasteiger partial charge in [-0.3, -0.25) is 0 Å². The minimum absolute atomic E-state index is 0.384. The molecule has 0 saturated carbocycles. The summed E-state index contributed by atoms with van der Waals surface area (Å²) in [7, 11) is 4.20. The Balaban J connectivity index is 3.59. The second kappa shape index (κ2) is 10.1. The summed E-state index contributed by atoms with van der Waals surface area (Å²) in [5, 5.41) is 3.44. The summed E-state index contributed by atoms with van der Waals surface area (Å²) in [5.41, 5.74) is 0. The van der Waals surface area contributed by atoms with Gasteiger partial charge in [0.2, 0.25) is 0 Å². The minimum atomic E-state index is 0.384. The van der Waals surface area contributed by atoms with Gasteiger partial charge in [-0.05, 0) is 33.5 Å². The first kappa shape index (κ1) is 15.9. The van der Waals surface area contributed by atoms with E-state index in [1.807, 2.05) is 0 Å². The van der Waals surface area contributed by atoms with E-state index in [0.717, 1.165) is 32.5 Å². The average Bonchev–Trinajstić information content (AvgIpc) is 2.20. The van der Waals surface area contributed by atoms with Crippen LogP contribution < -0.4 is 5.32 Å². The fraction of sp³-hybridized carbons (Fsp3) is 1.00. The molecule has 0 aliphatic heterocycles. The molecule has 3 nitrogen and oxygen atoms in total. The van der Waals surface area contributed by atoms with E-state index in [-0.39, 0.29) is 0 Å². The van der Waals surface area contributed by atoms with Crippen molar-refractivity contribution in [1.82, 2.24) is 10.2 Å². The minimum Gasteiger partial charge on any atom is -0.377 e. The zero-order chi connectivity index (χ0) is 12.4. The van der Waals surface area contributed by atoms with E-state index in [1.165, 1.54) is 6.42 Å². The van der Waals surface area contributed by atoms with Gasteiger partial charge in [-0.2, -0.15) is 0 Å². The van der Waals surface area contributed by atoms with E-state index in [2.05, 4.69) is 45.1 Å². The first-order chi connectivity index (χ1) is 7.56. The molecule has 0 rings (SSSR count). The first-order valence-corrected chi connectivity index (χ1v) is 6.56. The van der Waals surface area contributed by atoms with Crippen LogP contribution in [0.1, 0.15) is 40.0 Å². The Hall–Kier alpha value is -0.120. The quantitative estimate of drug-likeness (QED) is 0.582. The van der Waals surface area contributed by atoms with E-state index in [4.69, 9.17) is 4.74 Å². The van der Waals surface area contributed by atoms with Gasteiger partial charge in [0.25, 0.3) is 0 Å². The van der Waals surface area contributed by atoms with Crippen LogP contribution in [-0.4, -0.2) is 50.8 Å². The summed E-state index contributed by atoms with van der Waals surface area (Å²) in [6.07, 6.45) is 3.85. The van der Waals surface area contributed by atoms with Crippen molar-refractivity contribution in [3.05, 3.63) is 0 Å². The monoisotopic (exact) mass is 230 g/mol. The molecule has 0 aromatic rings. The molecule has 1 atom stereocenters. The fourth-order valence-corrected chi connectivity index (χ4v) is 1.56. The molecular formula is C13H30N2O. The molecule has 0 fully saturated rings. The lowest BCUT2D eigenvalue weighted by molar-refractivity contribution is 0.0417. The molecule has 0 amide bonds. The number of nitrogens with zero attached hydrogens (tertiary/aromatic N) is 1. The van der Waals surface area contributed by atoms with Crippen LogP contribution in [0.25, 0.3) is 0 Å². The topological polar surface area (TPSA) is 24.5 Å². The van der Waals surface area contributed by atoms with Gasteiger partial charge in [-0.25, -0.2) is 0 Å². The molecule has 0 aromatic heterocycles. The molecule has 0 bridgehead atoms. The van der Waals surface area contributed by atoms with Gasteiger partial charge in [-0.15, -0.1) is 0 Å². The molecule has 1 N–H and O–H groups in total. The molecule has 16 heavy (non-hydrogen) atoms. The molecule has 0 spiro atoms. The van der Waals surface area contributed by atoms with Crippen molar-refractivity contribution in [3.63, 3.8) is 0 Å². The predicted molar refractivity (Wildman–Crippen MR) is 71.0 cm³/mol. The van der Waals surface area contributed by atoms with E-state index in [9.17, 15) is 0 Å². The standard InChI is InChI=1S/C13H30N2O/c1-6-8-13(11-14-12(2)3)16-10-7-9-15(4)5/h12-14H,6-11H2,1-5H3. The van der Waals surface area contributed by atoms with E-state index in [0.29, 0.717) is 12.1 Å². The lowest BCUT2D eigenvalue weighted by atomic mass is 10.2. The van der Waals surface area contributed by atoms with Crippen LogP contribution in [0.5, 0.6) is 0 Å². The van der Waals surface area contributed by atoms with E-state index < -0.39 is 0 Å².